The van der Waals surface area contributed by atoms with Crippen molar-refractivity contribution in [3.63, 3.8) is 0 Å². The van der Waals surface area contributed by atoms with Gasteiger partial charge in [-0.25, -0.2) is 4.39 Å². The van der Waals surface area contributed by atoms with Crippen molar-refractivity contribution in [1.82, 2.24) is 0 Å². The molecule has 1 aliphatic rings. The molecule has 1 N–H and O–H groups in total. The molecule has 16 heavy (non-hydrogen) atoms. The normalized spacial score (nSPS) is 23.9. The van der Waals surface area contributed by atoms with Crippen LogP contribution in [-0.2, 0) is 11.2 Å². The predicted octanol–water partition coefficient (Wildman–Crippen LogP) is 2.97. The molecule has 3 heteroatoms. The molecule has 1 aliphatic carbocycles. The van der Waals surface area contributed by atoms with Gasteiger partial charge in [0, 0.05) is 0 Å². The van der Waals surface area contributed by atoms with E-state index in [-0.39, 0.29) is 17.7 Å². The van der Waals surface area contributed by atoms with Crippen molar-refractivity contribution in [1.29, 1.82) is 0 Å². The van der Waals surface area contributed by atoms with Gasteiger partial charge in [0.2, 0.25) is 0 Å². The van der Waals surface area contributed by atoms with Crippen LogP contribution in [0.4, 0.5) is 4.39 Å². The number of hydrogen-bond donors (Lipinski definition) is 1. The van der Waals surface area contributed by atoms with Crippen LogP contribution >= 0.6 is 0 Å². The van der Waals surface area contributed by atoms with Crippen molar-refractivity contribution in [2.45, 2.75) is 32.1 Å². The topological polar surface area (TPSA) is 37.3 Å². The maximum absolute atomic E-state index is 13.2. The quantitative estimate of drug-likeness (QED) is 0.835. The van der Waals surface area contributed by atoms with Crippen LogP contribution in [0.2, 0.25) is 0 Å². The standard InChI is InChI=1S/C13H15FO2/c1-2-10-11(13(15)16)6-4-8-3-5-9(14)7-12(8)10/h3,5,7,10-11H,2,4,6H2,1H3,(H,15,16). The van der Waals surface area contributed by atoms with Crippen molar-refractivity contribution < 1.29 is 14.3 Å². The zero-order valence-corrected chi connectivity index (χ0v) is 9.24. The van der Waals surface area contributed by atoms with Crippen molar-refractivity contribution in [3.05, 3.63) is 35.1 Å². The smallest absolute Gasteiger partial charge is 0.307 e. The molecule has 0 fully saturated rings. The lowest BCUT2D eigenvalue weighted by atomic mass is 9.74. The molecule has 2 atom stereocenters. The van der Waals surface area contributed by atoms with Crippen LogP contribution in [-0.4, -0.2) is 11.1 Å². The number of aryl methyl sites for hydroxylation is 1. The number of aliphatic carboxylic acids is 1. The van der Waals surface area contributed by atoms with Gasteiger partial charge >= 0.3 is 5.97 Å². The van der Waals surface area contributed by atoms with E-state index >= 15 is 0 Å². The first-order valence-corrected chi connectivity index (χ1v) is 5.64. The molecule has 86 valence electrons. The zero-order valence-electron chi connectivity index (χ0n) is 9.24. The first-order valence-electron chi connectivity index (χ1n) is 5.64. The minimum atomic E-state index is -0.762. The molecule has 1 aromatic carbocycles. The summed E-state index contributed by atoms with van der Waals surface area (Å²) in [6.45, 7) is 1.96. The van der Waals surface area contributed by atoms with Crippen molar-refractivity contribution in [2.24, 2.45) is 5.92 Å². The van der Waals surface area contributed by atoms with Crippen LogP contribution in [0.25, 0.3) is 0 Å². The first-order chi connectivity index (χ1) is 7.63. The highest BCUT2D eigenvalue weighted by Gasteiger charge is 2.33. The minimum absolute atomic E-state index is 0.0445. The average Bonchev–Trinajstić information content (AvgIpc) is 2.27. The van der Waals surface area contributed by atoms with Crippen molar-refractivity contribution in [2.75, 3.05) is 0 Å². The number of carboxylic acids is 1. The predicted molar refractivity (Wildman–Crippen MR) is 58.9 cm³/mol. The maximum Gasteiger partial charge on any atom is 0.307 e. The average molecular weight is 222 g/mol. The lowest BCUT2D eigenvalue weighted by Crippen LogP contribution is -2.27. The van der Waals surface area contributed by atoms with E-state index < -0.39 is 5.97 Å². The number of halogens is 1. The second-order valence-electron chi connectivity index (χ2n) is 4.34. The van der Waals surface area contributed by atoms with Gasteiger partial charge in [0.15, 0.2) is 0 Å². The third kappa shape index (κ3) is 1.82. The lowest BCUT2D eigenvalue weighted by molar-refractivity contribution is -0.143. The van der Waals surface area contributed by atoms with Gasteiger partial charge in [-0.05, 0) is 48.4 Å². The number of carboxylic acid groups (broad SMARTS) is 1. The molecular formula is C13H15FO2. The Morgan fingerprint density at radius 2 is 2.31 bits per heavy atom. The van der Waals surface area contributed by atoms with Crippen LogP contribution in [0.3, 0.4) is 0 Å². The summed E-state index contributed by atoms with van der Waals surface area (Å²) in [6.07, 6.45) is 2.14. The minimum Gasteiger partial charge on any atom is -0.481 e. The summed E-state index contributed by atoms with van der Waals surface area (Å²) in [5.74, 6) is -1.44. The molecule has 2 rings (SSSR count). The van der Waals surface area contributed by atoms with E-state index in [4.69, 9.17) is 5.11 Å². The Hall–Kier alpha value is -1.38. The van der Waals surface area contributed by atoms with Crippen LogP contribution in [0.5, 0.6) is 0 Å². The SMILES string of the molecule is CCC1c2cc(F)ccc2CCC1C(=O)O. The van der Waals surface area contributed by atoms with E-state index in [0.717, 1.165) is 24.0 Å². The fourth-order valence-electron chi connectivity index (χ4n) is 2.67. The molecule has 0 saturated carbocycles. The molecule has 0 radical (unpaired) electrons. The molecule has 0 bridgehead atoms. The summed E-state index contributed by atoms with van der Waals surface area (Å²) in [6, 6.07) is 4.73. The van der Waals surface area contributed by atoms with Gasteiger partial charge in [-0.2, -0.15) is 0 Å². The summed E-state index contributed by atoms with van der Waals surface area (Å²) in [4.78, 5) is 11.1. The highest BCUT2D eigenvalue weighted by Crippen LogP contribution is 2.38. The summed E-state index contributed by atoms with van der Waals surface area (Å²) in [7, 11) is 0. The number of carbonyl (C=O) groups is 1. The molecular weight excluding hydrogens is 207 g/mol. The van der Waals surface area contributed by atoms with Crippen LogP contribution < -0.4 is 0 Å². The summed E-state index contributed by atoms with van der Waals surface area (Å²) in [5, 5.41) is 9.14. The van der Waals surface area contributed by atoms with Gasteiger partial charge in [0.25, 0.3) is 0 Å². The summed E-state index contributed by atoms with van der Waals surface area (Å²) < 4.78 is 13.2. The monoisotopic (exact) mass is 222 g/mol. The van der Waals surface area contributed by atoms with Crippen LogP contribution in [0.15, 0.2) is 18.2 Å². The third-order valence-electron chi connectivity index (χ3n) is 3.47. The van der Waals surface area contributed by atoms with E-state index in [1.807, 2.05) is 6.92 Å². The zero-order chi connectivity index (χ0) is 11.7. The highest BCUT2D eigenvalue weighted by molar-refractivity contribution is 5.72. The number of benzene rings is 1. The Bertz CT molecular complexity index is 414. The van der Waals surface area contributed by atoms with Gasteiger partial charge in [-0.15, -0.1) is 0 Å². The van der Waals surface area contributed by atoms with E-state index in [1.165, 1.54) is 12.1 Å². The first kappa shape index (κ1) is 11.1. The molecule has 1 aromatic rings. The van der Waals surface area contributed by atoms with E-state index in [1.54, 1.807) is 6.07 Å². The molecule has 0 aliphatic heterocycles. The molecule has 0 spiro atoms. The molecule has 0 amide bonds. The fraction of sp³-hybridized carbons (Fsp3) is 0.462. The van der Waals surface area contributed by atoms with Crippen LogP contribution in [0, 0.1) is 11.7 Å². The Morgan fingerprint density at radius 3 is 2.94 bits per heavy atom. The maximum atomic E-state index is 13.2. The molecule has 0 saturated heterocycles. The number of rotatable bonds is 2. The Kier molecular flexibility index (Phi) is 2.95. The van der Waals surface area contributed by atoms with Crippen molar-refractivity contribution in [3.8, 4) is 0 Å². The van der Waals surface area contributed by atoms with Gasteiger partial charge in [0.1, 0.15) is 5.82 Å². The van der Waals surface area contributed by atoms with Gasteiger partial charge in [-0.3, -0.25) is 4.79 Å². The Balaban J connectivity index is 2.43. The Morgan fingerprint density at radius 1 is 1.56 bits per heavy atom. The summed E-state index contributed by atoms with van der Waals surface area (Å²) >= 11 is 0. The fourth-order valence-corrected chi connectivity index (χ4v) is 2.67. The Labute approximate surface area is 94.1 Å². The van der Waals surface area contributed by atoms with Gasteiger partial charge in [0.05, 0.1) is 5.92 Å². The molecule has 2 unspecified atom stereocenters. The van der Waals surface area contributed by atoms with E-state index in [9.17, 15) is 9.18 Å². The molecule has 2 nitrogen and oxygen atoms in total. The lowest BCUT2D eigenvalue weighted by Gasteiger charge is -2.30. The molecule has 0 heterocycles. The largest absolute Gasteiger partial charge is 0.481 e. The second-order valence-corrected chi connectivity index (χ2v) is 4.34. The van der Waals surface area contributed by atoms with Gasteiger partial charge in [-0.1, -0.05) is 13.0 Å². The third-order valence-corrected chi connectivity index (χ3v) is 3.47. The van der Waals surface area contributed by atoms with Crippen LogP contribution in [0.1, 0.15) is 36.8 Å². The molecule has 0 aromatic heterocycles. The number of fused-ring (bicyclic) bond motifs is 1. The van der Waals surface area contributed by atoms with Crippen molar-refractivity contribution >= 4 is 5.97 Å². The van der Waals surface area contributed by atoms with Gasteiger partial charge < -0.3 is 5.11 Å². The van der Waals surface area contributed by atoms with E-state index in [2.05, 4.69) is 0 Å². The summed E-state index contributed by atoms with van der Waals surface area (Å²) in [5.41, 5.74) is 1.99. The number of hydrogen-bond acceptors (Lipinski definition) is 1. The second kappa shape index (κ2) is 4.24. The highest BCUT2D eigenvalue weighted by atomic mass is 19.1. The van der Waals surface area contributed by atoms with E-state index in [0.29, 0.717) is 6.42 Å².